The van der Waals surface area contributed by atoms with Gasteiger partial charge in [0.2, 0.25) is 0 Å². The van der Waals surface area contributed by atoms with Crippen LogP contribution < -0.4 is 10.1 Å². The second kappa shape index (κ2) is 6.92. The summed E-state index contributed by atoms with van der Waals surface area (Å²) in [5.41, 5.74) is 1.27. The number of nitrogens with one attached hydrogen (secondary N) is 1. The van der Waals surface area contributed by atoms with Crippen molar-refractivity contribution in [2.24, 2.45) is 0 Å². The fourth-order valence-electron chi connectivity index (χ4n) is 1.65. The Kier molecular flexibility index (Phi) is 5.23. The van der Waals surface area contributed by atoms with Crippen molar-refractivity contribution in [2.75, 3.05) is 6.61 Å². The van der Waals surface area contributed by atoms with Gasteiger partial charge in [-0.15, -0.1) is 11.3 Å². The van der Waals surface area contributed by atoms with Gasteiger partial charge in [-0.2, -0.15) is 0 Å². The Hall–Kier alpha value is -0.840. The van der Waals surface area contributed by atoms with Gasteiger partial charge in [0, 0.05) is 18.0 Å². The zero-order valence-electron chi connectivity index (χ0n) is 10.3. The topological polar surface area (TPSA) is 21.3 Å². The van der Waals surface area contributed by atoms with E-state index in [2.05, 4.69) is 45.5 Å². The molecule has 0 radical (unpaired) electrons. The van der Waals surface area contributed by atoms with Crippen LogP contribution in [-0.2, 0) is 13.1 Å². The molecule has 0 unspecified atom stereocenters. The summed E-state index contributed by atoms with van der Waals surface area (Å²) < 4.78 is 6.59. The van der Waals surface area contributed by atoms with E-state index in [0.29, 0.717) is 6.61 Å². The van der Waals surface area contributed by atoms with Gasteiger partial charge >= 0.3 is 0 Å². The summed E-state index contributed by atoms with van der Waals surface area (Å²) in [6.07, 6.45) is 0. The summed E-state index contributed by atoms with van der Waals surface area (Å²) in [5.74, 6) is 0.934. The second-order valence-corrected chi connectivity index (χ2v) is 6.43. The van der Waals surface area contributed by atoms with Crippen LogP contribution in [0, 0.1) is 0 Å². The molecule has 4 heteroatoms. The first kappa shape index (κ1) is 13.6. The number of ether oxygens (including phenoxy) is 1. The van der Waals surface area contributed by atoms with Gasteiger partial charge in [0.1, 0.15) is 5.75 Å². The van der Waals surface area contributed by atoms with Crippen LogP contribution in [0.1, 0.15) is 17.4 Å². The van der Waals surface area contributed by atoms with Crippen LogP contribution in [0.3, 0.4) is 0 Å². The molecule has 0 fully saturated rings. The van der Waals surface area contributed by atoms with Gasteiger partial charge in [-0.25, -0.2) is 0 Å². The molecular formula is C14H16BrNOS. The van der Waals surface area contributed by atoms with Crippen molar-refractivity contribution in [3.05, 3.63) is 50.6 Å². The van der Waals surface area contributed by atoms with E-state index in [1.54, 1.807) is 11.3 Å². The van der Waals surface area contributed by atoms with Gasteiger partial charge in [0.25, 0.3) is 0 Å². The second-order valence-electron chi connectivity index (χ2n) is 3.89. The average Bonchev–Trinajstić information content (AvgIpc) is 2.78. The molecule has 0 aliphatic rings. The molecule has 96 valence electrons. The Morgan fingerprint density at radius 2 is 1.89 bits per heavy atom. The number of thiophene rings is 1. The standard InChI is InChI=1S/C14H16BrNOS/c1-2-17-12-5-3-11(4-6-12)9-16-10-13-7-8-14(15)18-13/h3-8,16H,2,9-10H2,1H3. The maximum atomic E-state index is 5.41. The first-order valence-electron chi connectivity index (χ1n) is 5.94. The fraction of sp³-hybridized carbons (Fsp3) is 0.286. The van der Waals surface area contributed by atoms with Crippen LogP contribution in [0.4, 0.5) is 0 Å². The molecular weight excluding hydrogens is 310 g/mol. The molecule has 0 aliphatic heterocycles. The Balaban J connectivity index is 1.79. The van der Waals surface area contributed by atoms with E-state index in [9.17, 15) is 0 Å². The fourth-order valence-corrected chi connectivity index (χ4v) is 3.10. The van der Waals surface area contributed by atoms with E-state index in [-0.39, 0.29) is 0 Å². The molecule has 1 heterocycles. The predicted octanol–water partition coefficient (Wildman–Crippen LogP) is 4.20. The van der Waals surface area contributed by atoms with E-state index in [1.807, 2.05) is 19.1 Å². The van der Waals surface area contributed by atoms with Gasteiger partial charge in [-0.05, 0) is 52.7 Å². The number of rotatable bonds is 6. The Labute approximate surface area is 120 Å². The SMILES string of the molecule is CCOc1ccc(CNCc2ccc(Br)s2)cc1. The first-order valence-corrected chi connectivity index (χ1v) is 7.55. The molecule has 1 aromatic heterocycles. The van der Waals surface area contributed by atoms with Crippen molar-refractivity contribution in [1.29, 1.82) is 0 Å². The van der Waals surface area contributed by atoms with E-state index >= 15 is 0 Å². The molecule has 0 amide bonds. The molecule has 2 nitrogen and oxygen atoms in total. The molecule has 0 aliphatic carbocycles. The van der Waals surface area contributed by atoms with Crippen LogP contribution in [0.15, 0.2) is 40.2 Å². The van der Waals surface area contributed by atoms with Gasteiger partial charge in [-0.3, -0.25) is 0 Å². The third-order valence-electron chi connectivity index (χ3n) is 2.49. The first-order chi connectivity index (χ1) is 8.78. The number of hydrogen-bond acceptors (Lipinski definition) is 3. The van der Waals surface area contributed by atoms with Crippen molar-refractivity contribution in [1.82, 2.24) is 5.32 Å². The maximum Gasteiger partial charge on any atom is 0.119 e. The van der Waals surface area contributed by atoms with E-state index in [0.717, 1.165) is 18.8 Å². The lowest BCUT2D eigenvalue weighted by atomic mass is 10.2. The monoisotopic (exact) mass is 325 g/mol. The van der Waals surface area contributed by atoms with Crippen LogP contribution in [0.25, 0.3) is 0 Å². The molecule has 0 bridgehead atoms. The minimum Gasteiger partial charge on any atom is -0.494 e. The number of halogens is 1. The summed E-state index contributed by atoms with van der Waals surface area (Å²) in [5, 5.41) is 3.43. The lowest BCUT2D eigenvalue weighted by Gasteiger charge is -2.06. The molecule has 0 spiro atoms. The largest absolute Gasteiger partial charge is 0.494 e. The lowest BCUT2D eigenvalue weighted by molar-refractivity contribution is 0.340. The third kappa shape index (κ3) is 4.12. The van der Waals surface area contributed by atoms with Crippen molar-refractivity contribution < 1.29 is 4.74 Å². The highest BCUT2D eigenvalue weighted by molar-refractivity contribution is 9.11. The summed E-state index contributed by atoms with van der Waals surface area (Å²) >= 11 is 5.23. The average molecular weight is 326 g/mol. The smallest absolute Gasteiger partial charge is 0.119 e. The molecule has 2 aromatic rings. The molecule has 0 atom stereocenters. The van der Waals surface area contributed by atoms with Gasteiger partial charge < -0.3 is 10.1 Å². The molecule has 1 aromatic carbocycles. The predicted molar refractivity (Wildman–Crippen MR) is 80.2 cm³/mol. The molecule has 0 saturated heterocycles. The van der Waals surface area contributed by atoms with E-state index in [4.69, 9.17) is 4.74 Å². The van der Waals surface area contributed by atoms with Crippen LogP contribution in [0.2, 0.25) is 0 Å². The van der Waals surface area contributed by atoms with Gasteiger partial charge in [0.15, 0.2) is 0 Å². The van der Waals surface area contributed by atoms with E-state index < -0.39 is 0 Å². The van der Waals surface area contributed by atoms with Crippen LogP contribution >= 0.6 is 27.3 Å². The van der Waals surface area contributed by atoms with Gasteiger partial charge in [0.05, 0.1) is 10.4 Å². The zero-order chi connectivity index (χ0) is 12.8. The Bertz CT molecular complexity index is 481. The highest BCUT2D eigenvalue weighted by atomic mass is 79.9. The summed E-state index contributed by atoms with van der Waals surface area (Å²) in [6.45, 7) is 4.49. The summed E-state index contributed by atoms with van der Waals surface area (Å²) in [4.78, 5) is 1.34. The van der Waals surface area contributed by atoms with Crippen molar-refractivity contribution in [3.8, 4) is 5.75 Å². The normalized spacial score (nSPS) is 10.6. The minimum atomic E-state index is 0.713. The van der Waals surface area contributed by atoms with Crippen LogP contribution in [0.5, 0.6) is 5.75 Å². The molecule has 1 N–H and O–H groups in total. The lowest BCUT2D eigenvalue weighted by Crippen LogP contribution is -2.11. The third-order valence-corrected chi connectivity index (χ3v) is 4.12. The molecule has 0 saturated carbocycles. The number of hydrogen-bond donors (Lipinski definition) is 1. The minimum absolute atomic E-state index is 0.713. The summed E-state index contributed by atoms with van der Waals surface area (Å²) in [6, 6.07) is 12.5. The number of benzene rings is 1. The quantitative estimate of drug-likeness (QED) is 0.859. The van der Waals surface area contributed by atoms with Crippen molar-refractivity contribution >= 4 is 27.3 Å². The highest BCUT2D eigenvalue weighted by Gasteiger charge is 1.98. The summed E-state index contributed by atoms with van der Waals surface area (Å²) in [7, 11) is 0. The Morgan fingerprint density at radius 1 is 1.11 bits per heavy atom. The van der Waals surface area contributed by atoms with Crippen molar-refractivity contribution in [3.63, 3.8) is 0 Å². The van der Waals surface area contributed by atoms with Crippen LogP contribution in [-0.4, -0.2) is 6.61 Å². The van der Waals surface area contributed by atoms with Gasteiger partial charge in [-0.1, -0.05) is 12.1 Å². The maximum absolute atomic E-state index is 5.41. The van der Waals surface area contributed by atoms with Crippen molar-refractivity contribution in [2.45, 2.75) is 20.0 Å². The Morgan fingerprint density at radius 3 is 2.50 bits per heavy atom. The highest BCUT2D eigenvalue weighted by Crippen LogP contribution is 2.21. The molecule has 2 rings (SSSR count). The van der Waals surface area contributed by atoms with E-state index in [1.165, 1.54) is 14.2 Å². The zero-order valence-corrected chi connectivity index (χ0v) is 12.7. The molecule has 18 heavy (non-hydrogen) atoms.